The summed E-state index contributed by atoms with van der Waals surface area (Å²) in [4.78, 5) is 48.3. The lowest BCUT2D eigenvalue weighted by Crippen LogP contribution is -2.31. The molecule has 0 aliphatic carbocycles. The molecule has 0 bridgehead atoms. The van der Waals surface area contributed by atoms with Crippen molar-refractivity contribution in [2.75, 3.05) is 10.2 Å². The molecule has 164 valence electrons. The van der Waals surface area contributed by atoms with Gasteiger partial charge in [0.25, 0.3) is 5.91 Å². The Hall–Kier alpha value is -4.33. The van der Waals surface area contributed by atoms with E-state index in [0.29, 0.717) is 17.2 Å². The van der Waals surface area contributed by atoms with Gasteiger partial charge in [-0.05, 0) is 55.5 Å². The summed E-state index contributed by atoms with van der Waals surface area (Å²) in [5.74, 6) is -0.0317. The summed E-state index contributed by atoms with van der Waals surface area (Å²) in [5, 5.41) is 2.82. The van der Waals surface area contributed by atoms with E-state index in [-0.39, 0.29) is 30.6 Å². The Balaban J connectivity index is 1.43. The number of benzene rings is 2. The van der Waals surface area contributed by atoms with E-state index in [0.717, 1.165) is 16.7 Å². The minimum absolute atomic E-state index is 0.0423. The second-order valence-corrected chi connectivity index (χ2v) is 7.92. The zero-order valence-corrected chi connectivity index (χ0v) is 17.9. The highest BCUT2D eigenvalue weighted by Gasteiger charge is 2.41. The first-order valence-corrected chi connectivity index (χ1v) is 10.6. The third-order valence-electron chi connectivity index (χ3n) is 5.68. The first-order valence-electron chi connectivity index (χ1n) is 10.6. The predicted molar refractivity (Wildman–Crippen MR) is 124 cm³/mol. The van der Waals surface area contributed by atoms with Crippen LogP contribution in [0.15, 0.2) is 72.9 Å². The molecule has 2 amide bonds. The Kier molecular flexibility index (Phi) is 5.18. The zero-order valence-electron chi connectivity index (χ0n) is 17.9. The van der Waals surface area contributed by atoms with Gasteiger partial charge in [-0.1, -0.05) is 18.2 Å². The number of hydrogen-bond acceptors (Lipinski definition) is 5. The van der Waals surface area contributed by atoms with Crippen LogP contribution in [0, 0.1) is 0 Å². The van der Waals surface area contributed by atoms with Gasteiger partial charge in [0.05, 0.1) is 29.7 Å². The number of imidazole rings is 1. The van der Waals surface area contributed by atoms with Crippen LogP contribution in [0.1, 0.15) is 35.4 Å². The number of Topliss-reactive ketones (excluding diaryl/α,β-unsaturated/α-hetero) is 1. The molecule has 0 spiro atoms. The molecule has 0 radical (unpaired) electrons. The van der Waals surface area contributed by atoms with Crippen molar-refractivity contribution in [2.45, 2.75) is 25.9 Å². The molecule has 1 aliphatic rings. The van der Waals surface area contributed by atoms with Gasteiger partial charge in [0.2, 0.25) is 11.9 Å². The summed E-state index contributed by atoms with van der Waals surface area (Å²) in [6, 6.07) is 19.1. The van der Waals surface area contributed by atoms with Crippen LogP contribution in [-0.2, 0) is 16.1 Å². The molecule has 1 aliphatic heterocycles. The van der Waals surface area contributed by atoms with E-state index in [2.05, 4.69) is 15.3 Å². The van der Waals surface area contributed by atoms with E-state index < -0.39 is 6.04 Å². The third-order valence-corrected chi connectivity index (χ3v) is 5.68. The van der Waals surface area contributed by atoms with E-state index in [1.807, 2.05) is 47.0 Å². The smallest absolute Gasteiger partial charge is 0.253 e. The Morgan fingerprint density at radius 3 is 2.48 bits per heavy atom. The fraction of sp³-hybridized carbons (Fsp3) is 0.160. The van der Waals surface area contributed by atoms with Gasteiger partial charge in [0.15, 0.2) is 5.78 Å². The number of aromatic nitrogens is 3. The second-order valence-electron chi connectivity index (χ2n) is 7.92. The van der Waals surface area contributed by atoms with Crippen LogP contribution in [0.5, 0.6) is 0 Å². The van der Waals surface area contributed by atoms with Crippen molar-refractivity contribution < 1.29 is 14.4 Å². The quantitative estimate of drug-likeness (QED) is 0.462. The van der Waals surface area contributed by atoms with Crippen LogP contribution < -0.4 is 10.2 Å². The number of nitrogens with one attached hydrogen (secondary N) is 1. The molecule has 0 saturated heterocycles. The number of fused-ring (bicyclic) bond motifs is 3. The molecule has 5 rings (SSSR count). The highest BCUT2D eigenvalue weighted by atomic mass is 16.2. The number of amides is 2. The van der Waals surface area contributed by atoms with Gasteiger partial charge in [-0.2, -0.15) is 0 Å². The van der Waals surface area contributed by atoms with E-state index in [9.17, 15) is 14.4 Å². The fourth-order valence-electron chi connectivity index (χ4n) is 4.08. The molecule has 8 heteroatoms. The van der Waals surface area contributed by atoms with Crippen molar-refractivity contribution in [1.29, 1.82) is 0 Å². The highest BCUT2D eigenvalue weighted by molar-refractivity contribution is 6.05. The van der Waals surface area contributed by atoms with Crippen molar-refractivity contribution in [3.63, 3.8) is 0 Å². The number of pyridine rings is 1. The number of rotatable bonds is 6. The van der Waals surface area contributed by atoms with Crippen molar-refractivity contribution in [3.05, 3.63) is 84.2 Å². The van der Waals surface area contributed by atoms with Gasteiger partial charge in [0.1, 0.15) is 6.04 Å². The molecule has 2 aromatic carbocycles. The van der Waals surface area contributed by atoms with Crippen molar-refractivity contribution in [3.8, 4) is 0 Å². The van der Waals surface area contributed by atoms with Gasteiger partial charge in [-0.3, -0.25) is 28.8 Å². The van der Waals surface area contributed by atoms with Gasteiger partial charge < -0.3 is 5.32 Å². The number of para-hydroxylation sites is 2. The first kappa shape index (κ1) is 20.6. The Labute approximate surface area is 189 Å². The summed E-state index contributed by atoms with van der Waals surface area (Å²) in [6.45, 7) is 1.76. The molecule has 2 aromatic heterocycles. The van der Waals surface area contributed by atoms with Gasteiger partial charge in [-0.15, -0.1) is 0 Å². The summed E-state index contributed by atoms with van der Waals surface area (Å²) in [7, 11) is 0. The van der Waals surface area contributed by atoms with Crippen LogP contribution in [0.2, 0.25) is 0 Å². The molecule has 1 N–H and O–H groups in total. The molecule has 8 nitrogen and oxygen atoms in total. The zero-order chi connectivity index (χ0) is 22.9. The number of carbonyl (C=O) groups is 3. The van der Waals surface area contributed by atoms with E-state index in [1.165, 1.54) is 6.92 Å². The van der Waals surface area contributed by atoms with Crippen LogP contribution in [0.3, 0.4) is 0 Å². The first-order chi connectivity index (χ1) is 16.0. The Bertz CT molecular complexity index is 1360. The normalized spacial score (nSPS) is 15.0. The molecule has 0 unspecified atom stereocenters. The topological polar surface area (TPSA) is 97.2 Å². The van der Waals surface area contributed by atoms with Gasteiger partial charge in [0, 0.05) is 17.4 Å². The summed E-state index contributed by atoms with van der Waals surface area (Å²) >= 11 is 0. The van der Waals surface area contributed by atoms with Crippen LogP contribution >= 0.6 is 0 Å². The largest absolute Gasteiger partial charge is 0.326 e. The van der Waals surface area contributed by atoms with E-state index in [4.69, 9.17) is 0 Å². The Morgan fingerprint density at radius 2 is 1.76 bits per heavy atom. The minimum atomic E-state index is -0.715. The number of nitrogens with zero attached hydrogens (tertiary/aromatic N) is 4. The minimum Gasteiger partial charge on any atom is -0.326 e. The lowest BCUT2D eigenvalue weighted by Gasteiger charge is -2.15. The molecule has 0 saturated carbocycles. The molecule has 3 heterocycles. The van der Waals surface area contributed by atoms with Crippen molar-refractivity contribution >= 4 is 40.3 Å². The molecular formula is C25H21N5O3. The molecule has 4 aromatic rings. The van der Waals surface area contributed by atoms with Crippen LogP contribution in [0.25, 0.3) is 11.0 Å². The average molecular weight is 439 g/mol. The molecule has 1 atom stereocenters. The maximum absolute atomic E-state index is 13.4. The monoisotopic (exact) mass is 439 g/mol. The summed E-state index contributed by atoms with van der Waals surface area (Å²) in [5.41, 5.74) is 3.43. The maximum Gasteiger partial charge on any atom is 0.253 e. The highest BCUT2D eigenvalue weighted by Crippen LogP contribution is 2.37. The average Bonchev–Trinajstić information content (AvgIpc) is 3.31. The Morgan fingerprint density at radius 1 is 1.00 bits per heavy atom. The number of anilines is 2. The van der Waals surface area contributed by atoms with Crippen LogP contribution in [0.4, 0.5) is 11.6 Å². The second kappa shape index (κ2) is 8.31. The maximum atomic E-state index is 13.4. The van der Waals surface area contributed by atoms with Crippen molar-refractivity contribution in [2.24, 2.45) is 0 Å². The SMILES string of the molecule is CC(=O)c1ccc(NC(=O)C[C@H]2C(=O)N(Cc3ccccn3)c3nc4ccccc4n32)cc1. The molecule has 0 fully saturated rings. The number of ketones is 1. The van der Waals surface area contributed by atoms with E-state index >= 15 is 0 Å². The number of hydrogen-bond donors (Lipinski definition) is 1. The number of carbonyl (C=O) groups excluding carboxylic acids is 3. The molecule has 33 heavy (non-hydrogen) atoms. The predicted octanol–water partition coefficient (Wildman–Crippen LogP) is 3.75. The van der Waals surface area contributed by atoms with Crippen LogP contribution in [-0.4, -0.2) is 32.1 Å². The standard InChI is InChI=1S/C25H21N5O3/c1-16(31)17-9-11-18(12-10-17)27-23(32)14-22-24(33)29(15-19-6-4-5-13-26-19)25-28-20-7-2-3-8-21(20)30(22)25/h2-13,22H,14-15H2,1H3,(H,27,32)/t22-/m0/s1. The third kappa shape index (κ3) is 3.87. The summed E-state index contributed by atoms with van der Waals surface area (Å²) in [6.07, 6.45) is 1.64. The fourth-order valence-corrected chi connectivity index (χ4v) is 4.08. The molecular weight excluding hydrogens is 418 g/mol. The van der Waals surface area contributed by atoms with Gasteiger partial charge in [-0.25, -0.2) is 4.98 Å². The summed E-state index contributed by atoms with van der Waals surface area (Å²) < 4.78 is 1.83. The van der Waals surface area contributed by atoms with Crippen molar-refractivity contribution in [1.82, 2.24) is 14.5 Å². The van der Waals surface area contributed by atoms with E-state index in [1.54, 1.807) is 35.4 Å². The lowest BCUT2D eigenvalue weighted by atomic mass is 10.1. The van der Waals surface area contributed by atoms with Gasteiger partial charge >= 0.3 is 0 Å². The lowest BCUT2D eigenvalue weighted by molar-refractivity contribution is -0.124.